The number of hydrogen-bond donors (Lipinski definition) is 0. The van der Waals surface area contributed by atoms with E-state index in [4.69, 9.17) is 18.9 Å². The lowest BCUT2D eigenvalue weighted by Gasteiger charge is -2.33. The molecule has 0 amide bonds. The predicted octanol–water partition coefficient (Wildman–Crippen LogP) is 4.80. The van der Waals surface area contributed by atoms with Crippen molar-refractivity contribution in [2.75, 3.05) is 26.4 Å². The molecule has 5 nitrogen and oxygen atoms in total. The highest BCUT2D eigenvalue weighted by molar-refractivity contribution is 5.89. The molecule has 2 unspecified atom stereocenters. The average Bonchev–Trinajstić information content (AvgIpc) is 2.67. The van der Waals surface area contributed by atoms with Gasteiger partial charge in [-0.05, 0) is 38.3 Å². The van der Waals surface area contributed by atoms with E-state index in [-0.39, 0.29) is 6.61 Å². The summed E-state index contributed by atoms with van der Waals surface area (Å²) in [6.07, 6.45) is 4.38. The molecule has 0 aromatic heterocycles. The number of carbonyl (C=O) groups is 1. The van der Waals surface area contributed by atoms with Crippen molar-refractivity contribution in [3.8, 4) is 0 Å². The van der Waals surface area contributed by atoms with E-state index >= 15 is 0 Å². The fourth-order valence-electron chi connectivity index (χ4n) is 2.58. The third kappa shape index (κ3) is 7.85. The van der Waals surface area contributed by atoms with Crippen molar-refractivity contribution in [3.05, 3.63) is 35.9 Å². The molecule has 1 aromatic carbocycles. The van der Waals surface area contributed by atoms with Crippen LogP contribution in [0.15, 0.2) is 30.3 Å². The Bertz CT molecular complexity index is 490. The van der Waals surface area contributed by atoms with Gasteiger partial charge in [-0.1, -0.05) is 51.3 Å². The van der Waals surface area contributed by atoms with Crippen molar-refractivity contribution in [2.45, 2.75) is 59.4 Å². The molecular weight excluding hydrogens is 332 g/mol. The summed E-state index contributed by atoms with van der Waals surface area (Å²) in [5.74, 6) is -1.61. The van der Waals surface area contributed by atoms with E-state index in [9.17, 15) is 4.79 Å². The second kappa shape index (κ2) is 12.8. The molecule has 5 heteroatoms. The molecule has 0 spiro atoms. The Balaban J connectivity index is 2.87. The zero-order valence-corrected chi connectivity index (χ0v) is 16.7. The van der Waals surface area contributed by atoms with Crippen LogP contribution in [0.5, 0.6) is 0 Å². The van der Waals surface area contributed by atoms with Crippen LogP contribution in [0.1, 0.15) is 63.7 Å². The van der Waals surface area contributed by atoms with Gasteiger partial charge >= 0.3 is 11.9 Å². The van der Waals surface area contributed by atoms with Crippen molar-refractivity contribution < 1.29 is 23.7 Å². The average molecular weight is 366 g/mol. The Morgan fingerprint density at radius 3 is 2.35 bits per heavy atom. The Hall–Kier alpha value is -1.43. The summed E-state index contributed by atoms with van der Waals surface area (Å²) >= 11 is 0. The molecule has 0 aliphatic rings. The number of hydrogen-bond acceptors (Lipinski definition) is 5. The van der Waals surface area contributed by atoms with Crippen LogP contribution >= 0.6 is 0 Å². The lowest BCUT2D eigenvalue weighted by atomic mass is 10.0. The minimum absolute atomic E-state index is 0.0418. The van der Waals surface area contributed by atoms with Gasteiger partial charge in [0.05, 0.1) is 18.8 Å². The Kier molecular flexibility index (Phi) is 11.2. The van der Waals surface area contributed by atoms with Crippen molar-refractivity contribution >= 4 is 5.97 Å². The Morgan fingerprint density at radius 2 is 1.77 bits per heavy atom. The first kappa shape index (κ1) is 22.6. The highest BCUT2D eigenvalue weighted by Crippen LogP contribution is 2.23. The largest absolute Gasteiger partial charge is 0.402 e. The smallest absolute Gasteiger partial charge is 0.354 e. The quantitative estimate of drug-likeness (QED) is 0.349. The highest BCUT2D eigenvalue weighted by Gasteiger charge is 2.38. The normalized spacial score (nSPS) is 14.6. The first-order valence-corrected chi connectivity index (χ1v) is 9.74. The predicted molar refractivity (Wildman–Crippen MR) is 102 cm³/mol. The monoisotopic (exact) mass is 366 g/mol. The molecule has 0 bridgehead atoms. The molecule has 0 N–H and O–H groups in total. The third-order valence-electron chi connectivity index (χ3n) is 4.19. The number of carbonyl (C=O) groups excluding carboxylic acids is 1. The highest BCUT2D eigenvalue weighted by atomic mass is 16.9. The number of benzene rings is 1. The van der Waals surface area contributed by atoms with Gasteiger partial charge in [-0.25, -0.2) is 4.79 Å². The molecule has 0 saturated heterocycles. The van der Waals surface area contributed by atoms with Gasteiger partial charge in [-0.3, -0.25) is 0 Å². The van der Waals surface area contributed by atoms with Crippen LogP contribution in [0.2, 0.25) is 0 Å². The van der Waals surface area contributed by atoms with Gasteiger partial charge in [0.1, 0.15) is 6.61 Å². The standard InChI is InChI=1S/C21H34O5/c1-5-9-13-18(6-2)16-25-21(24-8-4,17-23-7-3)26-20(22)19-14-11-10-12-15-19/h10-12,14-15,18H,5-9,13,16-17H2,1-4H3. The van der Waals surface area contributed by atoms with E-state index in [0.29, 0.717) is 31.3 Å². The number of ether oxygens (including phenoxy) is 4. The van der Waals surface area contributed by atoms with Crippen molar-refractivity contribution in [2.24, 2.45) is 5.92 Å². The van der Waals surface area contributed by atoms with E-state index < -0.39 is 11.9 Å². The van der Waals surface area contributed by atoms with Gasteiger partial charge in [-0.2, -0.15) is 0 Å². The molecule has 0 saturated carbocycles. The maximum Gasteiger partial charge on any atom is 0.354 e. The van der Waals surface area contributed by atoms with Crippen molar-refractivity contribution in [1.29, 1.82) is 0 Å². The summed E-state index contributed by atoms with van der Waals surface area (Å²) in [5, 5.41) is 0. The topological polar surface area (TPSA) is 54.0 Å². The summed E-state index contributed by atoms with van der Waals surface area (Å²) in [4.78, 5) is 12.5. The fourth-order valence-corrected chi connectivity index (χ4v) is 2.58. The molecule has 0 aliphatic heterocycles. The van der Waals surface area contributed by atoms with Crippen LogP contribution < -0.4 is 0 Å². The molecule has 0 fully saturated rings. The van der Waals surface area contributed by atoms with Crippen LogP contribution in [0.3, 0.4) is 0 Å². The van der Waals surface area contributed by atoms with Gasteiger partial charge in [0.2, 0.25) is 0 Å². The van der Waals surface area contributed by atoms with E-state index in [1.54, 1.807) is 24.3 Å². The SMILES string of the molecule is CCCCC(CC)COC(COCC)(OCC)OC(=O)c1ccccc1. The lowest BCUT2D eigenvalue weighted by Crippen LogP contribution is -2.46. The van der Waals surface area contributed by atoms with Crippen molar-refractivity contribution in [3.63, 3.8) is 0 Å². The van der Waals surface area contributed by atoms with E-state index in [2.05, 4.69) is 13.8 Å². The van der Waals surface area contributed by atoms with Crippen LogP contribution in [0.25, 0.3) is 0 Å². The Labute approximate surface area is 158 Å². The first-order chi connectivity index (χ1) is 12.6. The van der Waals surface area contributed by atoms with Gasteiger partial charge in [0.15, 0.2) is 0 Å². The zero-order valence-electron chi connectivity index (χ0n) is 16.7. The first-order valence-electron chi connectivity index (χ1n) is 9.74. The maximum atomic E-state index is 12.5. The molecule has 0 aliphatic carbocycles. The molecule has 0 heterocycles. The second-order valence-electron chi connectivity index (χ2n) is 6.24. The summed E-state index contributed by atoms with van der Waals surface area (Å²) < 4.78 is 22.9. The Morgan fingerprint density at radius 1 is 1.04 bits per heavy atom. The van der Waals surface area contributed by atoms with Crippen molar-refractivity contribution in [1.82, 2.24) is 0 Å². The molecule has 26 heavy (non-hydrogen) atoms. The summed E-state index contributed by atoms with van der Waals surface area (Å²) in [6, 6.07) is 8.84. The molecule has 1 aromatic rings. The minimum Gasteiger partial charge on any atom is -0.402 e. The van der Waals surface area contributed by atoms with E-state index in [1.165, 1.54) is 0 Å². The summed E-state index contributed by atoms with van der Waals surface area (Å²) in [6.45, 7) is 9.38. The van der Waals surface area contributed by atoms with E-state index in [1.807, 2.05) is 19.9 Å². The zero-order chi connectivity index (χ0) is 19.3. The van der Waals surface area contributed by atoms with E-state index in [0.717, 1.165) is 25.7 Å². The number of rotatable bonds is 14. The van der Waals surface area contributed by atoms with Crippen LogP contribution in [-0.2, 0) is 18.9 Å². The van der Waals surface area contributed by atoms with Gasteiger partial charge in [0.25, 0.3) is 0 Å². The summed E-state index contributed by atoms with van der Waals surface area (Å²) in [7, 11) is 0. The minimum atomic E-state index is -1.52. The van der Waals surface area contributed by atoms with Crippen LogP contribution in [0, 0.1) is 5.92 Å². The van der Waals surface area contributed by atoms with Gasteiger partial charge in [-0.15, -0.1) is 0 Å². The second-order valence-corrected chi connectivity index (χ2v) is 6.24. The molecular formula is C21H34O5. The molecule has 0 radical (unpaired) electrons. The van der Waals surface area contributed by atoms with Gasteiger partial charge in [0, 0.05) is 6.61 Å². The molecule has 148 valence electrons. The van der Waals surface area contributed by atoms with Crippen LogP contribution in [-0.4, -0.2) is 38.4 Å². The lowest BCUT2D eigenvalue weighted by molar-refractivity contribution is -0.372. The number of unbranched alkanes of at least 4 members (excludes halogenated alkanes) is 1. The third-order valence-corrected chi connectivity index (χ3v) is 4.19. The van der Waals surface area contributed by atoms with Gasteiger partial charge < -0.3 is 18.9 Å². The maximum absolute atomic E-state index is 12.5. The molecule has 1 rings (SSSR count). The van der Waals surface area contributed by atoms with Crippen LogP contribution in [0.4, 0.5) is 0 Å². The summed E-state index contributed by atoms with van der Waals surface area (Å²) in [5.41, 5.74) is 0.453. The number of esters is 1. The molecule has 2 atom stereocenters. The fraction of sp³-hybridized carbons (Fsp3) is 0.667.